The van der Waals surface area contributed by atoms with Crippen molar-refractivity contribution in [1.82, 2.24) is 4.90 Å². The van der Waals surface area contributed by atoms with Gasteiger partial charge in [0, 0.05) is 13.1 Å². The predicted molar refractivity (Wildman–Crippen MR) is 78.1 cm³/mol. The van der Waals surface area contributed by atoms with Gasteiger partial charge in [0.2, 0.25) is 5.91 Å². The van der Waals surface area contributed by atoms with Gasteiger partial charge in [-0.2, -0.15) is 13.2 Å². The van der Waals surface area contributed by atoms with Crippen molar-refractivity contribution in [3.05, 3.63) is 35.4 Å². The summed E-state index contributed by atoms with van der Waals surface area (Å²) in [6.07, 6.45) is -1.45. The van der Waals surface area contributed by atoms with E-state index in [4.69, 9.17) is 5.73 Å². The Morgan fingerprint density at radius 1 is 1.32 bits per heavy atom. The lowest BCUT2D eigenvalue weighted by Crippen LogP contribution is -2.43. The van der Waals surface area contributed by atoms with Gasteiger partial charge >= 0.3 is 6.18 Å². The molecule has 0 unspecified atom stereocenters. The van der Waals surface area contributed by atoms with Gasteiger partial charge < -0.3 is 10.6 Å². The molecule has 22 heavy (non-hydrogen) atoms. The van der Waals surface area contributed by atoms with Crippen molar-refractivity contribution >= 4 is 5.91 Å². The number of nitrogens with zero attached hydrogens (tertiary/aromatic N) is 1. The zero-order chi connectivity index (χ0) is 16.2. The minimum Gasteiger partial charge on any atom is -0.341 e. The van der Waals surface area contributed by atoms with E-state index in [1.807, 2.05) is 0 Å². The molecule has 2 N–H and O–H groups in total. The van der Waals surface area contributed by atoms with Crippen molar-refractivity contribution in [3.8, 4) is 0 Å². The van der Waals surface area contributed by atoms with Gasteiger partial charge in [0.15, 0.2) is 0 Å². The second-order valence-electron chi connectivity index (χ2n) is 5.75. The normalized spacial score (nSPS) is 19.3. The van der Waals surface area contributed by atoms with E-state index < -0.39 is 11.7 Å². The lowest BCUT2D eigenvalue weighted by molar-refractivity contribution is -0.138. The third kappa shape index (κ3) is 4.22. The summed E-state index contributed by atoms with van der Waals surface area (Å²) in [7, 11) is 0. The van der Waals surface area contributed by atoms with Crippen LogP contribution in [0, 0.1) is 5.92 Å². The highest BCUT2D eigenvalue weighted by atomic mass is 19.4. The van der Waals surface area contributed by atoms with Gasteiger partial charge in [-0.15, -0.1) is 0 Å². The van der Waals surface area contributed by atoms with E-state index in [9.17, 15) is 18.0 Å². The number of piperidine rings is 1. The van der Waals surface area contributed by atoms with Crippen LogP contribution in [0.5, 0.6) is 0 Å². The minimum absolute atomic E-state index is 0.0103. The number of likely N-dealkylation sites (tertiary alicyclic amines) is 1. The quantitative estimate of drug-likeness (QED) is 0.929. The fourth-order valence-corrected chi connectivity index (χ4v) is 3.03. The standard InChI is InChI=1S/C16H21F3N2O/c17-16(18,19)14-6-2-1-5-13(14)8-7-12-4-3-9-21(11-12)15(22)10-20/h1-2,5-6,12H,3-4,7-11,20H2/t12-/m0/s1. The molecule has 0 spiro atoms. The molecule has 6 heteroatoms. The lowest BCUT2D eigenvalue weighted by atomic mass is 9.90. The second-order valence-corrected chi connectivity index (χ2v) is 5.75. The van der Waals surface area contributed by atoms with Crippen LogP contribution in [0.4, 0.5) is 13.2 Å². The topological polar surface area (TPSA) is 46.3 Å². The predicted octanol–water partition coefficient (Wildman–Crippen LogP) is 2.84. The van der Waals surface area contributed by atoms with Crippen LogP contribution in [0.3, 0.4) is 0 Å². The van der Waals surface area contributed by atoms with Crippen molar-refractivity contribution in [1.29, 1.82) is 0 Å². The average molecular weight is 314 g/mol. The Kier molecular flexibility index (Phi) is 5.45. The zero-order valence-corrected chi connectivity index (χ0v) is 12.4. The Labute approximate surface area is 128 Å². The van der Waals surface area contributed by atoms with Gasteiger partial charge in [0.1, 0.15) is 0 Å². The Balaban J connectivity index is 1.97. The van der Waals surface area contributed by atoms with Gasteiger partial charge in [-0.25, -0.2) is 0 Å². The third-order valence-corrected chi connectivity index (χ3v) is 4.19. The summed E-state index contributed by atoms with van der Waals surface area (Å²) < 4.78 is 38.9. The number of amides is 1. The molecule has 1 aromatic rings. The first-order chi connectivity index (χ1) is 10.4. The molecule has 0 bridgehead atoms. The summed E-state index contributed by atoms with van der Waals surface area (Å²) in [4.78, 5) is 13.4. The maximum Gasteiger partial charge on any atom is 0.416 e. The van der Waals surface area contributed by atoms with Crippen molar-refractivity contribution < 1.29 is 18.0 Å². The SMILES string of the molecule is NCC(=O)N1CCC[C@@H](CCc2ccccc2C(F)(F)F)C1. The molecule has 1 atom stereocenters. The fraction of sp³-hybridized carbons (Fsp3) is 0.562. The number of hydrogen-bond donors (Lipinski definition) is 1. The molecule has 0 aliphatic carbocycles. The van der Waals surface area contributed by atoms with E-state index >= 15 is 0 Å². The molecular formula is C16H21F3N2O. The van der Waals surface area contributed by atoms with Crippen LogP contribution in [0.15, 0.2) is 24.3 Å². The molecule has 1 aliphatic rings. The highest BCUT2D eigenvalue weighted by Gasteiger charge is 2.33. The molecule has 1 amide bonds. The molecule has 1 saturated heterocycles. The van der Waals surface area contributed by atoms with Gasteiger partial charge in [0.25, 0.3) is 0 Å². The van der Waals surface area contributed by atoms with E-state index in [-0.39, 0.29) is 18.4 Å². The first-order valence-electron chi connectivity index (χ1n) is 7.54. The molecular weight excluding hydrogens is 293 g/mol. The number of halogens is 3. The summed E-state index contributed by atoms with van der Waals surface area (Å²) in [5, 5.41) is 0. The van der Waals surface area contributed by atoms with Crippen LogP contribution >= 0.6 is 0 Å². The molecule has 1 aromatic carbocycles. The zero-order valence-electron chi connectivity index (χ0n) is 12.4. The minimum atomic E-state index is -4.31. The third-order valence-electron chi connectivity index (χ3n) is 4.19. The van der Waals surface area contributed by atoms with Crippen LogP contribution in [-0.2, 0) is 17.4 Å². The maximum absolute atomic E-state index is 13.0. The number of hydrogen-bond acceptors (Lipinski definition) is 2. The highest BCUT2D eigenvalue weighted by Crippen LogP contribution is 2.33. The van der Waals surface area contributed by atoms with E-state index in [2.05, 4.69) is 0 Å². The summed E-state index contributed by atoms with van der Waals surface area (Å²) in [5.74, 6) is 0.158. The smallest absolute Gasteiger partial charge is 0.341 e. The van der Waals surface area contributed by atoms with E-state index in [0.717, 1.165) is 18.9 Å². The largest absolute Gasteiger partial charge is 0.416 e. The number of rotatable bonds is 4. The molecule has 0 saturated carbocycles. The number of carbonyl (C=O) groups excluding carboxylic acids is 1. The molecule has 1 fully saturated rings. The first-order valence-corrected chi connectivity index (χ1v) is 7.54. The van der Waals surface area contributed by atoms with Gasteiger partial charge in [0.05, 0.1) is 12.1 Å². The first kappa shape index (κ1) is 16.8. The molecule has 122 valence electrons. The van der Waals surface area contributed by atoms with Crippen molar-refractivity contribution in [2.75, 3.05) is 19.6 Å². The molecule has 2 rings (SSSR count). The Morgan fingerprint density at radius 2 is 2.05 bits per heavy atom. The van der Waals surface area contributed by atoms with Crippen molar-refractivity contribution in [2.24, 2.45) is 11.7 Å². The van der Waals surface area contributed by atoms with Crippen LogP contribution in [-0.4, -0.2) is 30.4 Å². The monoisotopic (exact) mass is 314 g/mol. The van der Waals surface area contributed by atoms with Crippen LogP contribution in [0.2, 0.25) is 0 Å². The van der Waals surface area contributed by atoms with Crippen molar-refractivity contribution in [3.63, 3.8) is 0 Å². The average Bonchev–Trinajstić information content (AvgIpc) is 2.52. The second kappa shape index (κ2) is 7.13. The maximum atomic E-state index is 13.0. The summed E-state index contributed by atoms with van der Waals surface area (Å²) in [6.45, 7) is 1.29. The van der Waals surface area contributed by atoms with Gasteiger partial charge in [-0.1, -0.05) is 18.2 Å². The van der Waals surface area contributed by atoms with Crippen molar-refractivity contribution in [2.45, 2.75) is 31.9 Å². The number of benzene rings is 1. The Morgan fingerprint density at radius 3 is 2.73 bits per heavy atom. The molecule has 1 heterocycles. The Hall–Kier alpha value is -1.56. The molecule has 0 radical (unpaired) electrons. The van der Waals surface area contributed by atoms with Crippen LogP contribution in [0.25, 0.3) is 0 Å². The number of nitrogens with two attached hydrogens (primary N) is 1. The molecule has 0 aromatic heterocycles. The van der Waals surface area contributed by atoms with Gasteiger partial charge in [-0.05, 0) is 43.2 Å². The summed E-state index contributed by atoms with van der Waals surface area (Å²) in [6, 6.07) is 5.71. The number of aryl methyl sites for hydroxylation is 1. The highest BCUT2D eigenvalue weighted by molar-refractivity contribution is 5.78. The molecule has 1 aliphatic heterocycles. The van der Waals surface area contributed by atoms with Crippen LogP contribution in [0.1, 0.15) is 30.4 Å². The van der Waals surface area contributed by atoms with Gasteiger partial charge in [-0.3, -0.25) is 4.79 Å². The number of carbonyl (C=O) groups is 1. The number of alkyl halides is 3. The van der Waals surface area contributed by atoms with E-state index in [1.54, 1.807) is 11.0 Å². The Bertz CT molecular complexity index is 516. The molecule has 3 nitrogen and oxygen atoms in total. The van der Waals surface area contributed by atoms with E-state index in [0.29, 0.717) is 31.5 Å². The summed E-state index contributed by atoms with van der Waals surface area (Å²) in [5.41, 5.74) is 5.14. The lowest BCUT2D eigenvalue weighted by Gasteiger charge is -2.32. The van der Waals surface area contributed by atoms with Crippen LogP contribution < -0.4 is 5.73 Å². The summed E-state index contributed by atoms with van der Waals surface area (Å²) >= 11 is 0. The fourth-order valence-electron chi connectivity index (χ4n) is 3.03. The van der Waals surface area contributed by atoms with E-state index in [1.165, 1.54) is 12.1 Å².